The highest BCUT2D eigenvalue weighted by Gasteiger charge is 2.24. The van der Waals surface area contributed by atoms with E-state index < -0.39 is 0 Å². The van der Waals surface area contributed by atoms with Crippen molar-refractivity contribution in [2.45, 2.75) is 38.6 Å². The topological polar surface area (TPSA) is 55.6 Å². The van der Waals surface area contributed by atoms with Gasteiger partial charge >= 0.3 is 0 Å². The molecule has 3 rings (SSSR count). The SMILES string of the molecule is CC(C)c1ccccc1Oc1ccc(C2CCN(C=O)C2)c(CN)c1. The molecule has 1 saturated heterocycles. The quantitative estimate of drug-likeness (QED) is 0.810. The third kappa shape index (κ3) is 3.85. The molecule has 0 spiro atoms. The summed E-state index contributed by atoms with van der Waals surface area (Å²) < 4.78 is 6.15. The predicted octanol–water partition coefficient (Wildman–Crippen LogP) is 4.01. The number of nitrogens with two attached hydrogens (primary N) is 1. The van der Waals surface area contributed by atoms with Crippen LogP contribution in [-0.2, 0) is 11.3 Å². The van der Waals surface area contributed by atoms with Crippen LogP contribution in [0.2, 0.25) is 0 Å². The first-order valence-electron chi connectivity index (χ1n) is 8.91. The number of likely N-dealkylation sites (tertiary alicyclic amines) is 1. The predicted molar refractivity (Wildman–Crippen MR) is 99.9 cm³/mol. The molecule has 1 aliphatic rings. The molecule has 2 aromatic rings. The molecule has 1 aliphatic heterocycles. The van der Waals surface area contributed by atoms with Gasteiger partial charge in [-0.05, 0) is 47.2 Å². The van der Waals surface area contributed by atoms with Gasteiger partial charge in [0.1, 0.15) is 11.5 Å². The lowest BCUT2D eigenvalue weighted by atomic mass is 9.93. The lowest BCUT2D eigenvalue weighted by molar-refractivity contribution is -0.117. The molecule has 0 saturated carbocycles. The van der Waals surface area contributed by atoms with Crippen molar-refractivity contribution in [2.24, 2.45) is 5.73 Å². The average Bonchev–Trinajstić information content (AvgIpc) is 3.11. The van der Waals surface area contributed by atoms with E-state index in [-0.39, 0.29) is 0 Å². The second kappa shape index (κ2) is 7.70. The molecule has 1 heterocycles. The lowest BCUT2D eigenvalue weighted by Crippen LogP contribution is -2.18. The molecule has 1 unspecified atom stereocenters. The van der Waals surface area contributed by atoms with Crippen molar-refractivity contribution < 1.29 is 9.53 Å². The maximum Gasteiger partial charge on any atom is 0.209 e. The van der Waals surface area contributed by atoms with Crippen LogP contribution in [0.15, 0.2) is 42.5 Å². The summed E-state index contributed by atoms with van der Waals surface area (Å²) in [6, 6.07) is 14.3. The monoisotopic (exact) mass is 338 g/mol. The van der Waals surface area contributed by atoms with Crippen LogP contribution in [0.4, 0.5) is 0 Å². The first-order valence-corrected chi connectivity index (χ1v) is 8.91. The summed E-state index contributed by atoms with van der Waals surface area (Å²) >= 11 is 0. The first kappa shape index (κ1) is 17.5. The molecule has 0 aliphatic carbocycles. The van der Waals surface area contributed by atoms with Crippen molar-refractivity contribution in [3.8, 4) is 11.5 Å². The molecule has 25 heavy (non-hydrogen) atoms. The molecule has 2 aromatic carbocycles. The Morgan fingerprint density at radius 1 is 1.28 bits per heavy atom. The van der Waals surface area contributed by atoms with Crippen molar-refractivity contribution in [3.63, 3.8) is 0 Å². The minimum absolute atomic E-state index is 0.362. The summed E-state index contributed by atoms with van der Waals surface area (Å²) in [5.74, 6) is 2.46. The van der Waals surface area contributed by atoms with E-state index in [1.807, 2.05) is 35.2 Å². The van der Waals surface area contributed by atoms with Gasteiger partial charge in [0.15, 0.2) is 0 Å². The molecule has 1 fully saturated rings. The fourth-order valence-corrected chi connectivity index (χ4v) is 3.53. The van der Waals surface area contributed by atoms with Gasteiger partial charge in [-0.15, -0.1) is 0 Å². The fraction of sp³-hybridized carbons (Fsp3) is 0.381. The zero-order chi connectivity index (χ0) is 17.8. The van der Waals surface area contributed by atoms with Gasteiger partial charge in [0.25, 0.3) is 0 Å². The molecule has 4 nitrogen and oxygen atoms in total. The molecule has 132 valence electrons. The van der Waals surface area contributed by atoms with Gasteiger partial charge < -0.3 is 15.4 Å². The zero-order valence-electron chi connectivity index (χ0n) is 14.9. The van der Waals surface area contributed by atoms with E-state index in [9.17, 15) is 4.79 Å². The van der Waals surface area contributed by atoms with Gasteiger partial charge in [-0.1, -0.05) is 38.1 Å². The summed E-state index contributed by atoms with van der Waals surface area (Å²) in [7, 11) is 0. The van der Waals surface area contributed by atoms with Gasteiger partial charge in [0.2, 0.25) is 6.41 Å². The largest absolute Gasteiger partial charge is 0.457 e. The summed E-state index contributed by atoms with van der Waals surface area (Å²) in [5.41, 5.74) is 9.51. The maximum absolute atomic E-state index is 11.0. The molecule has 1 atom stereocenters. The number of para-hydroxylation sites is 1. The fourth-order valence-electron chi connectivity index (χ4n) is 3.53. The Kier molecular flexibility index (Phi) is 5.39. The molecular weight excluding hydrogens is 312 g/mol. The van der Waals surface area contributed by atoms with Crippen LogP contribution in [0.1, 0.15) is 48.8 Å². The van der Waals surface area contributed by atoms with Crippen molar-refractivity contribution in [1.29, 1.82) is 0 Å². The minimum atomic E-state index is 0.362. The molecule has 0 radical (unpaired) electrons. The molecule has 4 heteroatoms. The number of hydrogen-bond donors (Lipinski definition) is 1. The van der Waals surface area contributed by atoms with E-state index in [4.69, 9.17) is 10.5 Å². The van der Waals surface area contributed by atoms with Crippen molar-refractivity contribution >= 4 is 6.41 Å². The number of carbonyl (C=O) groups is 1. The average molecular weight is 338 g/mol. The van der Waals surface area contributed by atoms with Crippen LogP contribution < -0.4 is 10.5 Å². The van der Waals surface area contributed by atoms with Crippen LogP contribution in [0.5, 0.6) is 11.5 Å². The zero-order valence-corrected chi connectivity index (χ0v) is 14.9. The van der Waals surface area contributed by atoms with Gasteiger partial charge in [-0.2, -0.15) is 0 Å². The molecule has 0 aromatic heterocycles. The second-order valence-electron chi connectivity index (χ2n) is 6.95. The van der Waals surface area contributed by atoms with Crippen molar-refractivity contribution in [1.82, 2.24) is 4.90 Å². The molecular formula is C21H26N2O2. The Hall–Kier alpha value is -2.33. The minimum Gasteiger partial charge on any atom is -0.457 e. The normalized spacial score (nSPS) is 17.1. The van der Waals surface area contributed by atoms with Crippen molar-refractivity contribution in [2.75, 3.05) is 13.1 Å². The highest BCUT2D eigenvalue weighted by Crippen LogP contribution is 2.34. The van der Waals surface area contributed by atoms with Crippen molar-refractivity contribution in [3.05, 3.63) is 59.2 Å². The van der Waals surface area contributed by atoms with E-state index in [1.165, 1.54) is 11.1 Å². The Morgan fingerprint density at radius 2 is 2.08 bits per heavy atom. The second-order valence-corrected chi connectivity index (χ2v) is 6.95. The number of benzene rings is 2. The van der Waals surface area contributed by atoms with Crippen LogP contribution in [0.25, 0.3) is 0 Å². The van der Waals surface area contributed by atoms with E-state index in [0.717, 1.165) is 43.0 Å². The Labute approximate surface area is 149 Å². The van der Waals surface area contributed by atoms with Crippen LogP contribution in [-0.4, -0.2) is 24.4 Å². The van der Waals surface area contributed by atoms with E-state index in [1.54, 1.807) is 0 Å². The van der Waals surface area contributed by atoms with Gasteiger partial charge in [-0.25, -0.2) is 0 Å². The molecule has 0 bridgehead atoms. The van der Waals surface area contributed by atoms with Gasteiger partial charge in [-0.3, -0.25) is 4.79 Å². The highest BCUT2D eigenvalue weighted by atomic mass is 16.5. The molecule has 2 N–H and O–H groups in total. The Bertz CT molecular complexity index is 742. The summed E-state index contributed by atoms with van der Waals surface area (Å²) in [6.07, 6.45) is 1.92. The third-order valence-electron chi connectivity index (χ3n) is 4.91. The summed E-state index contributed by atoms with van der Waals surface area (Å²) in [4.78, 5) is 12.8. The van der Waals surface area contributed by atoms with Gasteiger partial charge in [0, 0.05) is 25.6 Å². The van der Waals surface area contributed by atoms with E-state index in [2.05, 4.69) is 26.0 Å². The number of carbonyl (C=O) groups excluding carboxylic acids is 1. The summed E-state index contributed by atoms with van der Waals surface area (Å²) in [5, 5.41) is 0. The Morgan fingerprint density at radius 3 is 2.76 bits per heavy atom. The van der Waals surface area contributed by atoms with Crippen LogP contribution in [0, 0.1) is 0 Å². The van der Waals surface area contributed by atoms with E-state index >= 15 is 0 Å². The lowest BCUT2D eigenvalue weighted by Gasteiger charge is -2.18. The maximum atomic E-state index is 11.0. The smallest absolute Gasteiger partial charge is 0.209 e. The van der Waals surface area contributed by atoms with Gasteiger partial charge in [0.05, 0.1) is 0 Å². The number of amides is 1. The van der Waals surface area contributed by atoms with Crippen LogP contribution >= 0.6 is 0 Å². The van der Waals surface area contributed by atoms with E-state index in [0.29, 0.717) is 18.4 Å². The number of hydrogen-bond acceptors (Lipinski definition) is 3. The Balaban J connectivity index is 1.84. The number of rotatable bonds is 6. The molecule has 1 amide bonds. The summed E-state index contributed by atoms with van der Waals surface area (Å²) in [6.45, 7) is 6.38. The highest BCUT2D eigenvalue weighted by molar-refractivity contribution is 5.49. The third-order valence-corrected chi connectivity index (χ3v) is 4.91. The van der Waals surface area contributed by atoms with Crippen LogP contribution in [0.3, 0.4) is 0 Å². The number of nitrogens with zero attached hydrogens (tertiary/aromatic N) is 1. The first-order chi connectivity index (χ1) is 12.1. The number of ether oxygens (including phenoxy) is 1. The standard InChI is InChI=1S/C21H26N2O2/c1-15(2)19-5-3-4-6-21(19)25-18-7-8-20(17(11-18)12-22)16-9-10-23(13-16)14-24/h3-8,11,14-16H,9-10,12-13,22H2,1-2H3.